The van der Waals surface area contributed by atoms with Gasteiger partial charge in [-0.15, -0.1) is 11.3 Å². The van der Waals surface area contributed by atoms with Crippen LogP contribution in [0, 0.1) is 0 Å². The van der Waals surface area contributed by atoms with Crippen LogP contribution in [0.3, 0.4) is 0 Å². The molecule has 3 rings (SSSR count). The maximum atomic E-state index is 6.08. The molecule has 2 N–H and O–H groups in total. The Morgan fingerprint density at radius 2 is 1.71 bits per heavy atom. The van der Waals surface area contributed by atoms with E-state index in [0.717, 1.165) is 26.7 Å². The average Bonchev–Trinajstić information content (AvgIpc) is 2.95. The number of hydrogen-bond acceptors (Lipinski definition) is 3. The summed E-state index contributed by atoms with van der Waals surface area (Å²) in [6.07, 6.45) is 0. The minimum atomic E-state index is 0.405. The van der Waals surface area contributed by atoms with E-state index in [9.17, 15) is 0 Å². The molecule has 0 aliphatic heterocycles. The van der Waals surface area contributed by atoms with Crippen molar-refractivity contribution in [1.82, 2.24) is 4.98 Å². The topological polar surface area (TPSA) is 38.9 Å². The lowest BCUT2D eigenvalue weighted by atomic mass is 10.1. The van der Waals surface area contributed by atoms with Gasteiger partial charge in [0.25, 0.3) is 0 Å². The molecule has 0 aliphatic rings. The Morgan fingerprint density at radius 3 is 2.38 bits per heavy atom. The molecular weight excluding hydrogens is 323 g/mol. The summed E-state index contributed by atoms with van der Waals surface area (Å²) < 4.78 is 0. The molecule has 1 aromatic heterocycles. The molecule has 0 aliphatic carbocycles. The van der Waals surface area contributed by atoms with Crippen LogP contribution in [0.15, 0.2) is 48.5 Å². The molecule has 3 aromatic rings. The predicted molar refractivity (Wildman–Crippen MR) is 90.9 cm³/mol. The van der Waals surface area contributed by atoms with Crippen LogP contribution < -0.4 is 5.73 Å². The number of hydrogen-bond donors (Lipinski definition) is 1. The van der Waals surface area contributed by atoms with Crippen LogP contribution in [0.2, 0.25) is 10.0 Å². The van der Waals surface area contributed by atoms with E-state index >= 15 is 0 Å². The summed E-state index contributed by atoms with van der Waals surface area (Å²) in [5.74, 6) is 0. The lowest BCUT2D eigenvalue weighted by molar-refractivity contribution is 1.02. The highest BCUT2D eigenvalue weighted by Crippen LogP contribution is 2.37. The van der Waals surface area contributed by atoms with Crippen molar-refractivity contribution in [2.75, 3.05) is 0 Å². The summed E-state index contributed by atoms with van der Waals surface area (Å²) in [6.45, 7) is 0.405. The highest BCUT2D eigenvalue weighted by molar-refractivity contribution is 7.18. The van der Waals surface area contributed by atoms with Crippen molar-refractivity contribution in [1.29, 1.82) is 0 Å². The third kappa shape index (κ3) is 2.97. The number of halogens is 2. The Labute approximate surface area is 137 Å². The quantitative estimate of drug-likeness (QED) is 0.711. The Bertz CT molecular complexity index is 769. The molecule has 106 valence electrons. The molecule has 0 radical (unpaired) electrons. The van der Waals surface area contributed by atoms with Crippen LogP contribution in [0.4, 0.5) is 0 Å². The van der Waals surface area contributed by atoms with Gasteiger partial charge in [-0.2, -0.15) is 0 Å². The second kappa shape index (κ2) is 6.16. The zero-order chi connectivity index (χ0) is 14.8. The van der Waals surface area contributed by atoms with E-state index in [4.69, 9.17) is 28.9 Å². The van der Waals surface area contributed by atoms with Crippen LogP contribution in [0.1, 0.15) is 5.69 Å². The fourth-order valence-electron chi connectivity index (χ4n) is 2.06. The fourth-order valence-corrected chi connectivity index (χ4v) is 3.45. The van der Waals surface area contributed by atoms with Gasteiger partial charge in [-0.1, -0.05) is 59.6 Å². The zero-order valence-electron chi connectivity index (χ0n) is 11.0. The normalized spacial score (nSPS) is 10.8. The highest BCUT2D eigenvalue weighted by atomic mass is 35.5. The van der Waals surface area contributed by atoms with Gasteiger partial charge in [0.2, 0.25) is 0 Å². The van der Waals surface area contributed by atoms with Gasteiger partial charge in [-0.3, -0.25) is 0 Å². The molecule has 0 saturated carbocycles. The van der Waals surface area contributed by atoms with Crippen LogP contribution >= 0.6 is 34.5 Å². The molecule has 0 saturated heterocycles. The van der Waals surface area contributed by atoms with Gasteiger partial charge in [0.15, 0.2) is 0 Å². The molecule has 0 fully saturated rings. The van der Waals surface area contributed by atoms with Crippen molar-refractivity contribution >= 4 is 34.5 Å². The molecule has 0 bridgehead atoms. The average molecular weight is 335 g/mol. The van der Waals surface area contributed by atoms with Crippen LogP contribution in [-0.2, 0) is 6.54 Å². The summed E-state index contributed by atoms with van der Waals surface area (Å²) in [6, 6.07) is 15.7. The Hall–Kier alpha value is -1.39. The SMILES string of the molecule is NCc1nc(-c2ccc(Cl)c(Cl)c2)sc1-c1ccccc1. The summed E-state index contributed by atoms with van der Waals surface area (Å²) >= 11 is 13.7. The summed E-state index contributed by atoms with van der Waals surface area (Å²) in [7, 11) is 0. The maximum absolute atomic E-state index is 6.08. The molecule has 5 heteroatoms. The number of benzene rings is 2. The first kappa shape index (κ1) is 14.5. The highest BCUT2D eigenvalue weighted by Gasteiger charge is 2.13. The van der Waals surface area contributed by atoms with E-state index in [1.165, 1.54) is 0 Å². The van der Waals surface area contributed by atoms with Crippen molar-refractivity contribution in [2.45, 2.75) is 6.54 Å². The number of rotatable bonds is 3. The number of nitrogens with zero attached hydrogens (tertiary/aromatic N) is 1. The third-order valence-electron chi connectivity index (χ3n) is 3.09. The van der Waals surface area contributed by atoms with Crippen molar-refractivity contribution in [2.24, 2.45) is 5.73 Å². The van der Waals surface area contributed by atoms with Gasteiger partial charge in [0.05, 0.1) is 20.6 Å². The monoisotopic (exact) mass is 334 g/mol. The fraction of sp³-hybridized carbons (Fsp3) is 0.0625. The standard InChI is InChI=1S/C16H12Cl2N2S/c17-12-7-6-11(8-13(12)18)16-20-14(9-19)15(21-16)10-4-2-1-3-5-10/h1-8H,9,19H2. The van der Waals surface area contributed by atoms with Gasteiger partial charge in [-0.25, -0.2) is 4.98 Å². The van der Waals surface area contributed by atoms with Crippen molar-refractivity contribution in [3.05, 3.63) is 64.3 Å². The lowest BCUT2D eigenvalue weighted by Crippen LogP contribution is -1.98. The number of aromatic nitrogens is 1. The number of nitrogens with two attached hydrogens (primary N) is 1. The molecule has 2 aromatic carbocycles. The molecular formula is C16H12Cl2N2S. The van der Waals surface area contributed by atoms with Gasteiger partial charge >= 0.3 is 0 Å². The third-order valence-corrected chi connectivity index (χ3v) is 5.03. The summed E-state index contributed by atoms with van der Waals surface area (Å²) in [4.78, 5) is 5.73. The second-order valence-corrected chi connectivity index (χ2v) is 6.31. The first-order chi connectivity index (χ1) is 10.2. The molecule has 0 amide bonds. The van der Waals surface area contributed by atoms with Gasteiger partial charge in [0.1, 0.15) is 5.01 Å². The molecule has 2 nitrogen and oxygen atoms in total. The number of thiazole rings is 1. The summed E-state index contributed by atoms with van der Waals surface area (Å²) in [5, 5.41) is 1.96. The van der Waals surface area contributed by atoms with Gasteiger partial charge < -0.3 is 5.73 Å². The van der Waals surface area contributed by atoms with E-state index in [2.05, 4.69) is 17.1 Å². The Morgan fingerprint density at radius 1 is 0.952 bits per heavy atom. The lowest BCUT2D eigenvalue weighted by Gasteiger charge is -1.99. The smallest absolute Gasteiger partial charge is 0.124 e. The Kier molecular flexibility index (Phi) is 4.27. The van der Waals surface area contributed by atoms with E-state index in [-0.39, 0.29) is 0 Å². The molecule has 0 spiro atoms. The maximum Gasteiger partial charge on any atom is 0.124 e. The van der Waals surface area contributed by atoms with E-state index < -0.39 is 0 Å². The first-order valence-electron chi connectivity index (χ1n) is 6.39. The zero-order valence-corrected chi connectivity index (χ0v) is 13.3. The van der Waals surface area contributed by atoms with E-state index in [1.54, 1.807) is 17.4 Å². The van der Waals surface area contributed by atoms with Crippen molar-refractivity contribution in [3.63, 3.8) is 0 Å². The van der Waals surface area contributed by atoms with E-state index in [1.807, 2.05) is 30.3 Å². The van der Waals surface area contributed by atoms with Crippen molar-refractivity contribution < 1.29 is 0 Å². The van der Waals surface area contributed by atoms with Crippen molar-refractivity contribution in [3.8, 4) is 21.0 Å². The molecule has 0 unspecified atom stereocenters. The molecule has 21 heavy (non-hydrogen) atoms. The first-order valence-corrected chi connectivity index (χ1v) is 7.97. The van der Waals surface area contributed by atoms with E-state index in [0.29, 0.717) is 16.6 Å². The van der Waals surface area contributed by atoms with Crippen LogP contribution in [-0.4, -0.2) is 4.98 Å². The molecule has 0 atom stereocenters. The Balaban J connectivity index is 2.09. The molecule has 1 heterocycles. The summed E-state index contributed by atoms with van der Waals surface area (Å²) in [5.41, 5.74) is 8.80. The van der Waals surface area contributed by atoms with Gasteiger partial charge in [0, 0.05) is 12.1 Å². The van der Waals surface area contributed by atoms with Crippen LogP contribution in [0.5, 0.6) is 0 Å². The minimum absolute atomic E-state index is 0.405. The van der Waals surface area contributed by atoms with Gasteiger partial charge in [-0.05, 0) is 17.7 Å². The minimum Gasteiger partial charge on any atom is -0.325 e. The largest absolute Gasteiger partial charge is 0.325 e. The van der Waals surface area contributed by atoms with Crippen LogP contribution in [0.25, 0.3) is 21.0 Å². The second-order valence-electron chi connectivity index (χ2n) is 4.49. The predicted octanol–water partition coefficient (Wildman–Crippen LogP) is 5.24.